The van der Waals surface area contributed by atoms with Gasteiger partial charge < -0.3 is 40.3 Å². The lowest BCUT2D eigenvalue weighted by atomic mass is 9.99. The van der Waals surface area contributed by atoms with Crippen molar-refractivity contribution in [3.05, 3.63) is 72.9 Å². The Morgan fingerprint density at radius 3 is 1.30 bits per heavy atom. The van der Waals surface area contributed by atoms with Gasteiger partial charge >= 0.3 is 0 Å². The Morgan fingerprint density at radius 1 is 0.530 bits per heavy atom. The van der Waals surface area contributed by atoms with E-state index in [0.29, 0.717) is 12.8 Å². The van der Waals surface area contributed by atoms with E-state index in [0.717, 1.165) is 57.8 Å². The molecular formula is C57H101NO8. The maximum atomic E-state index is 13.0. The topological polar surface area (TPSA) is 149 Å². The van der Waals surface area contributed by atoms with Gasteiger partial charge in [-0.25, -0.2) is 0 Å². The number of rotatable bonds is 45. The van der Waals surface area contributed by atoms with Gasteiger partial charge in [-0.3, -0.25) is 4.79 Å². The monoisotopic (exact) mass is 928 g/mol. The molecule has 7 atom stereocenters. The van der Waals surface area contributed by atoms with Gasteiger partial charge in [0.2, 0.25) is 5.91 Å². The smallest absolute Gasteiger partial charge is 0.220 e. The third-order valence-electron chi connectivity index (χ3n) is 12.6. The molecule has 1 aliphatic heterocycles. The van der Waals surface area contributed by atoms with Crippen molar-refractivity contribution in [2.24, 2.45) is 0 Å². The minimum absolute atomic E-state index is 0.172. The molecule has 1 amide bonds. The van der Waals surface area contributed by atoms with Crippen molar-refractivity contribution in [1.82, 2.24) is 5.32 Å². The van der Waals surface area contributed by atoms with Gasteiger partial charge in [-0.15, -0.1) is 0 Å². The molecule has 6 N–H and O–H groups in total. The molecule has 1 saturated heterocycles. The summed E-state index contributed by atoms with van der Waals surface area (Å²) in [6.45, 7) is 3.69. The fraction of sp³-hybridized carbons (Fsp3) is 0.772. The molecule has 0 spiro atoms. The minimum atomic E-state index is -1.57. The van der Waals surface area contributed by atoms with Crippen LogP contribution < -0.4 is 5.32 Å². The van der Waals surface area contributed by atoms with Crippen LogP contribution in [0.3, 0.4) is 0 Å². The Labute approximate surface area is 404 Å². The van der Waals surface area contributed by atoms with Crippen LogP contribution >= 0.6 is 0 Å². The largest absolute Gasteiger partial charge is 0.394 e. The molecule has 1 aliphatic rings. The Balaban J connectivity index is 2.29. The summed E-state index contributed by atoms with van der Waals surface area (Å²) in [5.41, 5.74) is 0. The van der Waals surface area contributed by atoms with E-state index in [2.05, 4.69) is 79.9 Å². The number of carbonyl (C=O) groups is 1. The Morgan fingerprint density at radius 2 is 0.909 bits per heavy atom. The van der Waals surface area contributed by atoms with E-state index in [-0.39, 0.29) is 18.9 Å². The van der Waals surface area contributed by atoms with Crippen LogP contribution in [0.15, 0.2) is 72.9 Å². The minimum Gasteiger partial charge on any atom is -0.394 e. The van der Waals surface area contributed by atoms with Gasteiger partial charge in [-0.1, -0.05) is 241 Å². The molecule has 9 heteroatoms. The van der Waals surface area contributed by atoms with Crippen molar-refractivity contribution < 1.29 is 39.8 Å². The number of carbonyl (C=O) groups excluding carboxylic acids is 1. The van der Waals surface area contributed by atoms with Crippen molar-refractivity contribution in [1.29, 1.82) is 0 Å². The molecule has 0 aromatic rings. The van der Waals surface area contributed by atoms with Crippen LogP contribution in [0.1, 0.15) is 226 Å². The van der Waals surface area contributed by atoms with Crippen LogP contribution in [-0.4, -0.2) is 87.5 Å². The van der Waals surface area contributed by atoms with Gasteiger partial charge in [0, 0.05) is 6.42 Å². The predicted octanol–water partition coefficient (Wildman–Crippen LogP) is 12.9. The Hall–Kier alpha value is -2.37. The molecule has 382 valence electrons. The van der Waals surface area contributed by atoms with E-state index >= 15 is 0 Å². The number of hydrogen-bond donors (Lipinski definition) is 6. The molecule has 66 heavy (non-hydrogen) atoms. The lowest BCUT2D eigenvalue weighted by Gasteiger charge is -2.40. The molecular weight excluding hydrogens is 827 g/mol. The summed E-state index contributed by atoms with van der Waals surface area (Å²) in [6, 6.07) is -0.764. The fourth-order valence-electron chi connectivity index (χ4n) is 8.30. The van der Waals surface area contributed by atoms with E-state index in [4.69, 9.17) is 9.47 Å². The van der Waals surface area contributed by atoms with Crippen molar-refractivity contribution in [3.8, 4) is 0 Å². The van der Waals surface area contributed by atoms with Crippen molar-refractivity contribution in [2.75, 3.05) is 13.2 Å². The quantitative estimate of drug-likeness (QED) is 0.0261. The van der Waals surface area contributed by atoms with Gasteiger partial charge in [0.1, 0.15) is 24.4 Å². The van der Waals surface area contributed by atoms with E-state index in [1.165, 1.54) is 135 Å². The molecule has 9 nitrogen and oxygen atoms in total. The number of nitrogens with one attached hydrogen (secondary N) is 1. The molecule has 1 rings (SSSR count). The zero-order valence-electron chi connectivity index (χ0n) is 42.2. The first kappa shape index (κ1) is 61.6. The maximum absolute atomic E-state index is 13.0. The molecule has 0 aromatic heterocycles. The number of unbranched alkanes of at least 4 members (excludes halogenated alkanes) is 23. The Bertz CT molecular complexity index is 1260. The summed E-state index contributed by atoms with van der Waals surface area (Å²) >= 11 is 0. The highest BCUT2D eigenvalue weighted by Gasteiger charge is 2.44. The second-order valence-electron chi connectivity index (χ2n) is 18.6. The van der Waals surface area contributed by atoms with Crippen molar-refractivity contribution in [2.45, 2.75) is 269 Å². The summed E-state index contributed by atoms with van der Waals surface area (Å²) in [5, 5.41) is 54.5. The molecule has 0 saturated carbocycles. The number of hydrogen-bond acceptors (Lipinski definition) is 8. The van der Waals surface area contributed by atoms with Gasteiger partial charge in [-0.2, -0.15) is 0 Å². The summed E-state index contributed by atoms with van der Waals surface area (Å²) in [6.07, 6.45) is 56.5. The van der Waals surface area contributed by atoms with Crippen LogP contribution in [0.2, 0.25) is 0 Å². The van der Waals surface area contributed by atoms with E-state index in [1.807, 2.05) is 12.2 Å². The zero-order chi connectivity index (χ0) is 48.0. The van der Waals surface area contributed by atoms with Crippen LogP contribution in [0.4, 0.5) is 0 Å². The average Bonchev–Trinajstić information content (AvgIpc) is 3.32. The highest BCUT2D eigenvalue weighted by molar-refractivity contribution is 5.76. The van der Waals surface area contributed by atoms with Crippen molar-refractivity contribution in [3.63, 3.8) is 0 Å². The fourth-order valence-corrected chi connectivity index (χ4v) is 8.30. The lowest BCUT2D eigenvalue weighted by Crippen LogP contribution is -2.60. The normalized spacial score (nSPS) is 20.4. The summed E-state index contributed by atoms with van der Waals surface area (Å²) in [5.74, 6) is -0.226. The van der Waals surface area contributed by atoms with E-state index in [1.54, 1.807) is 0 Å². The summed E-state index contributed by atoms with van der Waals surface area (Å²) in [7, 11) is 0. The highest BCUT2D eigenvalue weighted by atomic mass is 16.7. The SMILES string of the molecule is CC/C=C\C/C=C\C/C=C\C/C=C\C/C=C\C/C=C\CCC(=O)NC(COC1OC(CO)C(O)C(O)C1O)C(O)CCCCCCCCCCCCCCCCCCCCCCCCCC. The van der Waals surface area contributed by atoms with E-state index < -0.39 is 49.5 Å². The first-order valence-electron chi connectivity index (χ1n) is 27.1. The molecule has 0 aliphatic carbocycles. The second-order valence-corrected chi connectivity index (χ2v) is 18.6. The van der Waals surface area contributed by atoms with Crippen molar-refractivity contribution >= 4 is 5.91 Å². The lowest BCUT2D eigenvalue weighted by molar-refractivity contribution is -0.302. The molecule has 7 unspecified atom stereocenters. The highest BCUT2D eigenvalue weighted by Crippen LogP contribution is 2.23. The van der Waals surface area contributed by atoms with Gasteiger partial charge in [0.15, 0.2) is 6.29 Å². The standard InChI is InChI=1S/C57H101NO8/c1-3-5-7-9-11-13-15-17-19-21-23-24-25-26-27-29-30-32-34-36-38-40-42-44-46-51(60)50(49-65-57-56(64)55(63)54(62)52(48-59)66-57)58-53(61)47-45-43-41-39-37-35-33-31-28-22-20-18-16-14-12-10-8-6-4-2/h6,8,12,14,18,20,28,31,35,37,41,43,50-52,54-57,59-60,62-64H,3-5,7,9-11,13,15-17,19,21-27,29-30,32-34,36,38-40,42,44-49H2,1-2H3,(H,58,61)/b8-6-,14-12-,20-18-,31-28-,37-35-,43-41-. The van der Waals surface area contributed by atoms with Crippen LogP contribution in [0.5, 0.6) is 0 Å². The first-order chi connectivity index (χ1) is 32.3. The third-order valence-corrected chi connectivity index (χ3v) is 12.6. The summed E-state index contributed by atoms with van der Waals surface area (Å²) < 4.78 is 11.3. The van der Waals surface area contributed by atoms with E-state index in [9.17, 15) is 30.3 Å². The zero-order valence-corrected chi connectivity index (χ0v) is 42.2. The molecule has 0 aromatic carbocycles. The van der Waals surface area contributed by atoms with Crippen LogP contribution in [-0.2, 0) is 14.3 Å². The molecule has 1 heterocycles. The first-order valence-corrected chi connectivity index (χ1v) is 27.1. The average molecular weight is 928 g/mol. The number of ether oxygens (including phenoxy) is 2. The number of aliphatic hydroxyl groups excluding tert-OH is 5. The van der Waals surface area contributed by atoms with Gasteiger partial charge in [0.05, 0.1) is 25.4 Å². The van der Waals surface area contributed by atoms with Gasteiger partial charge in [-0.05, 0) is 51.4 Å². The van der Waals surface area contributed by atoms with Crippen LogP contribution in [0.25, 0.3) is 0 Å². The number of aliphatic hydroxyl groups is 5. The molecule has 0 bridgehead atoms. The maximum Gasteiger partial charge on any atom is 0.220 e. The number of allylic oxidation sites excluding steroid dienone is 12. The predicted molar refractivity (Wildman–Crippen MR) is 276 cm³/mol. The van der Waals surface area contributed by atoms with Gasteiger partial charge in [0.25, 0.3) is 0 Å². The second kappa shape index (κ2) is 46.4. The third kappa shape index (κ3) is 35.7. The molecule has 1 fully saturated rings. The van der Waals surface area contributed by atoms with Crippen LogP contribution in [0, 0.1) is 0 Å². The number of amides is 1. The molecule has 0 radical (unpaired) electrons. The Kier molecular flexibility index (Phi) is 43.3. The summed E-state index contributed by atoms with van der Waals surface area (Å²) in [4.78, 5) is 13.0.